The Bertz CT molecular complexity index is 1080. The lowest BCUT2D eigenvalue weighted by Crippen LogP contribution is -2.43. The molecule has 6 nitrogen and oxygen atoms in total. The van der Waals surface area contributed by atoms with E-state index in [0.29, 0.717) is 53.5 Å². The molecule has 170 valence electrons. The number of likely N-dealkylation sites (tertiary alicyclic amines) is 1. The summed E-state index contributed by atoms with van der Waals surface area (Å²) in [5.41, 5.74) is 1.11. The Kier molecular flexibility index (Phi) is 6.86. The van der Waals surface area contributed by atoms with E-state index in [4.69, 9.17) is 11.6 Å². The molecule has 1 N–H and O–H groups in total. The second-order valence-electron chi connectivity index (χ2n) is 8.56. The third kappa shape index (κ3) is 4.99. The summed E-state index contributed by atoms with van der Waals surface area (Å²) in [6, 6.07) is 13.2. The number of nitrogens with one attached hydrogen (secondary N) is 1. The summed E-state index contributed by atoms with van der Waals surface area (Å²) >= 11 is 5.90. The zero-order valence-electron chi connectivity index (χ0n) is 17.8. The van der Waals surface area contributed by atoms with Gasteiger partial charge >= 0.3 is 0 Å². The number of amides is 2. The first-order valence-electron chi connectivity index (χ1n) is 11.0. The molecule has 1 saturated carbocycles. The van der Waals surface area contributed by atoms with Crippen LogP contribution in [0.4, 0.5) is 5.69 Å². The molecule has 1 heterocycles. The molecule has 1 unspecified atom stereocenters. The lowest BCUT2D eigenvalue weighted by atomic mass is 9.96. The molecule has 2 aliphatic rings. The molecule has 4 rings (SSSR count). The van der Waals surface area contributed by atoms with Crippen LogP contribution < -0.4 is 5.32 Å². The normalized spacial score (nSPS) is 19.7. The van der Waals surface area contributed by atoms with Crippen molar-refractivity contribution in [2.45, 2.75) is 48.7 Å². The second kappa shape index (κ2) is 9.63. The fraction of sp³-hybridized carbons (Fsp3) is 0.417. The fourth-order valence-corrected chi connectivity index (χ4v) is 6.49. The molecule has 0 aromatic heterocycles. The van der Waals surface area contributed by atoms with E-state index in [0.717, 1.165) is 19.3 Å². The van der Waals surface area contributed by atoms with E-state index in [-0.39, 0.29) is 23.0 Å². The summed E-state index contributed by atoms with van der Waals surface area (Å²) in [5.74, 6) is -0.590. The highest BCUT2D eigenvalue weighted by atomic mass is 35.5. The molecule has 0 radical (unpaired) electrons. The van der Waals surface area contributed by atoms with Gasteiger partial charge in [-0.15, -0.1) is 0 Å². The molecule has 2 aromatic carbocycles. The predicted octanol–water partition coefficient (Wildman–Crippen LogP) is 4.55. The van der Waals surface area contributed by atoms with Crippen LogP contribution in [0.2, 0.25) is 5.02 Å². The Morgan fingerprint density at radius 2 is 1.56 bits per heavy atom. The van der Waals surface area contributed by atoms with Crippen molar-refractivity contribution in [3.05, 3.63) is 59.1 Å². The van der Waals surface area contributed by atoms with E-state index in [9.17, 15) is 18.0 Å². The molecule has 2 fully saturated rings. The summed E-state index contributed by atoms with van der Waals surface area (Å²) in [6.07, 6.45) is 4.79. The number of carbonyl (C=O) groups is 2. The number of nitrogens with zero attached hydrogens (tertiary/aromatic N) is 1. The van der Waals surface area contributed by atoms with Gasteiger partial charge in [-0.3, -0.25) is 9.59 Å². The minimum Gasteiger partial charge on any atom is -0.338 e. The van der Waals surface area contributed by atoms with Crippen molar-refractivity contribution in [2.24, 2.45) is 5.92 Å². The van der Waals surface area contributed by atoms with Gasteiger partial charge in [0, 0.05) is 29.4 Å². The SMILES string of the molecule is O=C(Nc1ccc(S(=O)(=O)C2CCCC2)cc1)C1CCCN(C(=O)c2ccc(Cl)cc2)C1. The first-order chi connectivity index (χ1) is 15.3. The largest absolute Gasteiger partial charge is 0.338 e. The third-order valence-electron chi connectivity index (χ3n) is 6.36. The number of anilines is 1. The molecule has 0 bridgehead atoms. The predicted molar refractivity (Wildman–Crippen MR) is 125 cm³/mol. The van der Waals surface area contributed by atoms with Gasteiger partial charge in [-0.25, -0.2) is 8.42 Å². The van der Waals surface area contributed by atoms with E-state index in [1.165, 1.54) is 0 Å². The zero-order valence-corrected chi connectivity index (χ0v) is 19.4. The first-order valence-corrected chi connectivity index (χ1v) is 13.0. The van der Waals surface area contributed by atoms with E-state index in [2.05, 4.69) is 5.32 Å². The standard InChI is InChI=1S/C24H27ClN2O4S/c25-19-9-7-17(8-10-19)24(29)27-15-3-4-18(16-27)23(28)26-20-11-13-22(14-12-20)32(30,31)21-5-1-2-6-21/h7-14,18,21H,1-6,15-16H2,(H,26,28). The van der Waals surface area contributed by atoms with Crippen LogP contribution >= 0.6 is 11.6 Å². The Hall–Kier alpha value is -2.38. The maximum atomic E-state index is 12.8. The lowest BCUT2D eigenvalue weighted by Gasteiger charge is -2.32. The van der Waals surface area contributed by atoms with Gasteiger partial charge in [0.1, 0.15) is 0 Å². The van der Waals surface area contributed by atoms with E-state index in [1.807, 2.05) is 0 Å². The molecule has 1 saturated heterocycles. The maximum absolute atomic E-state index is 12.8. The van der Waals surface area contributed by atoms with E-state index >= 15 is 0 Å². The van der Waals surface area contributed by atoms with Crippen molar-refractivity contribution in [1.82, 2.24) is 4.90 Å². The number of carbonyl (C=O) groups excluding carboxylic acids is 2. The average molecular weight is 475 g/mol. The van der Waals surface area contributed by atoms with E-state index in [1.54, 1.807) is 53.4 Å². The van der Waals surface area contributed by atoms with Gasteiger partial charge in [0.15, 0.2) is 9.84 Å². The number of benzene rings is 2. The van der Waals surface area contributed by atoms with Crippen LogP contribution in [0.3, 0.4) is 0 Å². The molecule has 8 heteroatoms. The fourth-order valence-electron chi connectivity index (χ4n) is 4.51. The molecule has 1 aliphatic heterocycles. The molecular weight excluding hydrogens is 448 g/mol. The summed E-state index contributed by atoms with van der Waals surface area (Å²) in [7, 11) is -3.32. The Labute approximate surface area is 193 Å². The van der Waals surface area contributed by atoms with Crippen LogP contribution in [0, 0.1) is 5.92 Å². The number of halogens is 1. The van der Waals surface area contributed by atoms with Gasteiger partial charge in [0.2, 0.25) is 5.91 Å². The first kappa shape index (κ1) is 22.8. The van der Waals surface area contributed by atoms with E-state index < -0.39 is 9.84 Å². The van der Waals surface area contributed by atoms with Crippen molar-refractivity contribution in [1.29, 1.82) is 0 Å². The molecule has 1 aliphatic carbocycles. The second-order valence-corrected chi connectivity index (χ2v) is 11.2. The molecule has 0 spiro atoms. The molecule has 2 aromatic rings. The number of hydrogen-bond acceptors (Lipinski definition) is 4. The van der Waals surface area contributed by atoms with Crippen LogP contribution in [-0.2, 0) is 14.6 Å². The highest BCUT2D eigenvalue weighted by Crippen LogP contribution is 2.30. The number of rotatable bonds is 5. The van der Waals surface area contributed by atoms with Crippen LogP contribution in [-0.4, -0.2) is 43.5 Å². The zero-order chi connectivity index (χ0) is 22.7. The monoisotopic (exact) mass is 474 g/mol. The summed E-state index contributed by atoms with van der Waals surface area (Å²) in [6.45, 7) is 0.959. The minimum atomic E-state index is -3.32. The highest BCUT2D eigenvalue weighted by Gasteiger charge is 2.31. The Balaban J connectivity index is 1.38. The van der Waals surface area contributed by atoms with Crippen LogP contribution in [0.5, 0.6) is 0 Å². The van der Waals surface area contributed by atoms with Gasteiger partial charge in [-0.1, -0.05) is 24.4 Å². The molecule has 32 heavy (non-hydrogen) atoms. The highest BCUT2D eigenvalue weighted by molar-refractivity contribution is 7.92. The van der Waals surface area contributed by atoms with Crippen molar-refractivity contribution in [3.8, 4) is 0 Å². The molecule has 1 atom stereocenters. The van der Waals surface area contributed by atoms with Crippen molar-refractivity contribution in [3.63, 3.8) is 0 Å². The smallest absolute Gasteiger partial charge is 0.253 e. The van der Waals surface area contributed by atoms with Gasteiger partial charge in [-0.05, 0) is 74.2 Å². The van der Waals surface area contributed by atoms with Gasteiger partial charge in [0.05, 0.1) is 16.1 Å². The summed E-state index contributed by atoms with van der Waals surface area (Å²) in [4.78, 5) is 27.6. The minimum absolute atomic E-state index is 0.111. The molecule has 2 amide bonds. The third-order valence-corrected chi connectivity index (χ3v) is 8.89. The Morgan fingerprint density at radius 1 is 0.906 bits per heavy atom. The lowest BCUT2D eigenvalue weighted by molar-refractivity contribution is -0.121. The average Bonchev–Trinajstić information content (AvgIpc) is 3.36. The maximum Gasteiger partial charge on any atom is 0.253 e. The molecular formula is C24H27ClN2O4S. The van der Waals surface area contributed by atoms with Crippen LogP contribution in [0.1, 0.15) is 48.9 Å². The Morgan fingerprint density at radius 3 is 2.22 bits per heavy atom. The topological polar surface area (TPSA) is 83.6 Å². The quantitative estimate of drug-likeness (QED) is 0.689. The van der Waals surface area contributed by atoms with Gasteiger partial charge in [0.25, 0.3) is 5.91 Å². The number of sulfone groups is 1. The van der Waals surface area contributed by atoms with Gasteiger partial charge < -0.3 is 10.2 Å². The summed E-state index contributed by atoms with van der Waals surface area (Å²) in [5, 5.41) is 3.15. The van der Waals surface area contributed by atoms with Crippen molar-refractivity contribution >= 4 is 38.9 Å². The number of piperidine rings is 1. The van der Waals surface area contributed by atoms with Crippen molar-refractivity contribution in [2.75, 3.05) is 18.4 Å². The van der Waals surface area contributed by atoms with Gasteiger partial charge in [-0.2, -0.15) is 0 Å². The van der Waals surface area contributed by atoms with Crippen LogP contribution in [0.15, 0.2) is 53.4 Å². The summed E-state index contributed by atoms with van der Waals surface area (Å²) < 4.78 is 25.4. The van der Waals surface area contributed by atoms with Crippen LogP contribution in [0.25, 0.3) is 0 Å². The number of hydrogen-bond donors (Lipinski definition) is 1. The van der Waals surface area contributed by atoms with Crippen molar-refractivity contribution < 1.29 is 18.0 Å².